The van der Waals surface area contributed by atoms with Crippen LogP contribution in [-0.4, -0.2) is 23.4 Å². The van der Waals surface area contributed by atoms with Gasteiger partial charge in [-0.3, -0.25) is 0 Å². The van der Waals surface area contributed by atoms with E-state index in [2.05, 4.69) is 4.99 Å². The van der Waals surface area contributed by atoms with Crippen LogP contribution >= 0.6 is 0 Å². The monoisotopic (exact) mass is 363 g/mol. The smallest absolute Gasteiger partial charge is 0.343 e. The topological polar surface area (TPSA) is 68.1 Å². The molecule has 1 N–H and O–H groups in total. The number of esters is 1. The summed E-state index contributed by atoms with van der Waals surface area (Å²) in [7, 11) is 0. The number of ether oxygens (including phenoxy) is 2. The molecule has 1 heterocycles. The Kier molecular flexibility index (Phi) is 5.71. The number of aliphatic hydroxyl groups is 1. The second-order valence-corrected chi connectivity index (χ2v) is 5.98. The van der Waals surface area contributed by atoms with Crippen LogP contribution in [-0.2, 0) is 16.1 Å². The Balaban J connectivity index is 1.86. The quantitative estimate of drug-likeness (QED) is 0.770. The summed E-state index contributed by atoms with van der Waals surface area (Å²) in [5.41, 5.74) is 2.66. The standard InChI is InChI=1S/C22H21NO4/c1-3-26-22(25)20-15(2)23-18(21(20)24)13-17-11-7-8-12-19(17)27-14-16-9-5-4-6-10-16/h4-13,24H,3,14H2,1-2H3/b18-13-. The van der Waals surface area contributed by atoms with E-state index in [1.54, 1.807) is 19.9 Å². The number of hydrogen-bond donors (Lipinski definition) is 1. The minimum absolute atomic E-state index is 0.103. The largest absolute Gasteiger partial charge is 0.505 e. The van der Waals surface area contributed by atoms with E-state index in [-0.39, 0.29) is 17.9 Å². The number of nitrogens with zero attached hydrogens (tertiary/aromatic N) is 1. The fraction of sp³-hybridized carbons (Fsp3) is 0.182. The number of rotatable bonds is 6. The average molecular weight is 363 g/mol. The van der Waals surface area contributed by atoms with Gasteiger partial charge in [0.15, 0.2) is 5.76 Å². The molecule has 0 amide bonds. The van der Waals surface area contributed by atoms with Crippen molar-refractivity contribution in [1.29, 1.82) is 0 Å². The summed E-state index contributed by atoms with van der Waals surface area (Å²) in [5.74, 6) is -0.0869. The first kappa shape index (κ1) is 18.5. The van der Waals surface area contributed by atoms with Gasteiger partial charge < -0.3 is 14.6 Å². The maximum Gasteiger partial charge on any atom is 0.343 e. The number of benzene rings is 2. The number of aliphatic hydroxyl groups excluding tert-OH is 1. The molecule has 2 aromatic carbocycles. The zero-order valence-electron chi connectivity index (χ0n) is 15.3. The van der Waals surface area contributed by atoms with Gasteiger partial charge in [0, 0.05) is 5.56 Å². The zero-order valence-corrected chi connectivity index (χ0v) is 15.3. The third-order valence-electron chi connectivity index (χ3n) is 4.06. The minimum Gasteiger partial charge on any atom is -0.505 e. The molecule has 0 aliphatic carbocycles. The molecule has 138 valence electrons. The number of carbonyl (C=O) groups excluding carboxylic acids is 1. The SMILES string of the molecule is CCOC(=O)C1=C(O)/C(=C/c2ccccc2OCc2ccccc2)N=C1C. The molecule has 0 saturated carbocycles. The molecule has 1 aliphatic heterocycles. The molecule has 0 radical (unpaired) electrons. The van der Waals surface area contributed by atoms with E-state index >= 15 is 0 Å². The first-order valence-corrected chi connectivity index (χ1v) is 8.74. The van der Waals surface area contributed by atoms with Gasteiger partial charge in [-0.2, -0.15) is 0 Å². The van der Waals surface area contributed by atoms with Crippen molar-refractivity contribution in [3.63, 3.8) is 0 Å². The Morgan fingerprint density at radius 1 is 1.11 bits per heavy atom. The molecule has 0 bridgehead atoms. The maximum absolute atomic E-state index is 12.0. The Morgan fingerprint density at radius 2 is 1.81 bits per heavy atom. The van der Waals surface area contributed by atoms with Crippen LogP contribution in [0.2, 0.25) is 0 Å². The van der Waals surface area contributed by atoms with E-state index in [9.17, 15) is 9.90 Å². The van der Waals surface area contributed by atoms with Crippen LogP contribution in [0.4, 0.5) is 0 Å². The van der Waals surface area contributed by atoms with Gasteiger partial charge in [-0.15, -0.1) is 0 Å². The Hall–Kier alpha value is -3.34. The molecule has 1 aliphatic rings. The van der Waals surface area contributed by atoms with Crippen LogP contribution in [0.15, 0.2) is 76.6 Å². The highest BCUT2D eigenvalue weighted by atomic mass is 16.5. The number of aliphatic imine (C=N–C) groups is 1. The van der Waals surface area contributed by atoms with Crippen LogP contribution in [0.5, 0.6) is 5.75 Å². The van der Waals surface area contributed by atoms with Gasteiger partial charge in [0.2, 0.25) is 0 Å². The van der Waals surface area contributed by atoms with Gasteiger partial charge in [-0.05, 0) is 31.6 Å². The van der Waals surface area contributed by atoms with E-state index in [1.165, 1.54) is 0 Å². The van der Waals surface area contributed by atoms with Crippen molar-refractivity contribution in [3.05, 3.63) is 82.8 Å². The lowest BCUT2D eigenvalue weighted by Crippen LogP contribution is -2.13. The van der Waals surface area contributed by atoms with E-state index in [0.29, 0.717) is 23.8 Å². The van der Waals surface area contributed by atoms with Crippen molar-refractivity contribution in [2.75, 3.05) is 6.61 Å². The number of para-hydroxylation sites is 1. The molecule has 0 spiro atoms. The Labute approximate surface area is 158 Å². The van der Waals surface area contributed by atoms with Gasteiger partial charge in [-0.1, -0.05) is 48.5 Å². The summed E-state index contributed by atoms with van der Waals surface area (Å²) in [6.45, 7) is 4.05. The lowest BCUT2D eigenvalue weighted by atomic mass is 10.1. The minimum atomic E-state index is -0.576. The van der Waals surface area contributed by atoms with Crippen LogP contribution in [0.1, 0.15) is 25.0 Å². The highest BCUT2D eigenvalue weighted by Crippen LogP contribution is 2.29. The lowest BCUT2D eigenvalue weighted by molar-refractivity contribution is -0.138. The fourth-order valence-electron chi connectivity index (χ4n) is 2.75. The average Bonchev–Trinajstić information content (AvgIpc) is 2.95. The van der Waals surface area contributed by atoms with Crippen LogP contribution in [0.3, 0.4) is 0 Å². The van der Waals surface area contributed by atoms with E-state index in [4.69, 9.17) is 9.47 Å². The summed E-state index contributed by atoms with van der Waals surface area (Å²) < 4.78 is 10.9. The maximum atomic E-state index is 12.0. The van der Waals surface area contributed by atoms with E-state index < -0.39 is 5.97 Å². The molecule has 0 aromatic heterocycles. The van der Waals surface area contributed by atoms with Gasteiger partial charge in [0.05, 0.1) is 12.3 Å². The van der Waals surface area contributed by atoms with Crippen molar-refractivity contribution in [2.24, 2.45) is 4.99 Å². The molecule has 0 atom stereocenters. The Morgan fingerprint density at radius 3 is 2.56 bits per heavy atom. The summed E-state index contributed by atoms with van der Waals surface area (Å²) in [4.78, 5) is 16.3. The molecule has 2 aromatic rings. The second-order valence-electron chi connectivity index (χ2n) is 5.98. The van der Waals surface area contributed by atoms with E-state index in [1.807, 2.05) is 54.6 Å². The number of carbonyl (C=O) groups is 1. The van der Waals surface area contributed by atoms with Gasteiger partial charge in [0.1, 0.15) is 23.6 Å². The Bertz CT molecular complexity index is 926. The van der Waals surface area contributed by atoms with Crippen molar-refractivity contribution >= 4 is 17.8 Å². The molecule has 0 fully saturated rings. The molecular formula is C22H21NO4. The van der Waals surface area contributed by atoms with Crippen molar-refractivity contribution < 1.29 is 19.4 Å². The fourth-order valence-corrected chi connectivity index (χ4v) is 2.75. The second kappa shape index (κ2) is 8.36. The number of hydrogen-bond acceptors (Lipinski definition) is 5. The summed E-state index contributed by atoms with van der Waals surface area (Å²) in [6.07, 6.45) is 1.70. The lowest BCUT2D eigenvalue weighted by Gasteiger charge is -2.09. The first-order chi connectivity index (χ1) is 13.1. The van der Waals surface area contributed by atoms with E-state index in [0.717, 1.165) is 11.1 Å². The third-order valence-corrected chi connectivity index (χ3v) is 4.06. The predicted molar refractivity (Wildman–Crippen MR) is 105 cm³/mol. The molecule has 5 nitrogen and oxygen atoms in total. The van der Waals surface area contributed by atoms with Crippen LogP contribution < -0.4 is 4.74 Å². The molecule has 3 rings (SSSR count). The first-order valence-electron chi connectivity index (χ1n) is 8.74. The van der Waals surface area contributed by atoms with Crippen molar-refractivity contribution in [1.82, 2.24) is 0 Å². The molecule has 27 heavy (non-hydrogen) atoms. The highest BCUT2D eigenvalue weighted by Gasteiger charge is 2.27. The normalized spacial score (nSPS) is 15.0. The highest BCUT2D eigenvalue weighted by molar-refractivity contribution is 6.22. The third kappa shape index (κ3) is 4.26. The molecular weight excluding hydrogens is 342 g/mol. The summed E-state index contributed by atoms with van der Waals surface area (Å²) >= 11 is 0. The summed E-state index contributed by atoms with van der Waals surface area (Å²) in [5, 5.41) is 10.4. The van der Waals surface area contributed by atoms with Gasteiger partial charge >= 0.3 is 5.97 Å². The summed E-state index contributed by atoms with van der Waals surface area (Å²) in [6, 6.07) is 17.3. The molecule has 0 saturated heterocycles. The zero-order chi connectivity index (χ0) is 19.2. The van der Waals surface area contributed by atoms with Crippen molar-refractivity contribution in [3.8, 4) is 5.75 Å². The predicted octanol–water partition coefficient (Wildman–Crippen LogP) is 4.46. The van der Waals surface area contributed by atoms with Crippen molar-refractivity contribution in [2.45, 2.75) is 20.5 Å². The van der Waals surface area contributed by atoms with Gasteiger partial charge in [0.25, 0.3) is 0 Å². The molecule has 0 unspecified atom stereocenters. The van der Waals surface area contributed by atoms with Gasteiger partial charge in [-0.25, -0.2) is 9.79 Å². The van der Waals surface area contributed by atoms with Crippen LogP contribution in [0.25, 0.3) is 6.08 Å². The van der Waals surface area contributed by atoms with Crippen LogP contribution in [0, 0.1) is 0 Å². The molecule has 5 heteroatoms.